The molecule has 10 nitrogen and oxygen atoms in total. The van der Waals surface area contributed by atoms with Crippen LogP contribution in [0.15, 0.2) is 60.9 Å². The van der Waals surface area contributed by atoms with Gasteiger partial charge < -0.3 is 19.8 Å². The molecular formula is C22H19N7O3. The minimum absolute atomic E-state index is 0.187. The van der Waals surface area contributed by atoms with E-state index in [1.165, 1.54) is 0 Å². The highest BCUT2D eigenvalue weighted by Crippen LogP contribution is 2.23. The molecule has 0 aliphatic rings. The molecule has 0 aliphatic heterocycles. The van der Waals surface area contributed by atoms with Crippen molar-refractivity contribution in [2.45, 2.75) is 0 Å². The van der Waals surface area contributed by atoms with Gasteiger partial charge in [0, 0.05) is 17.2 Å². The molecule has 0 radical (unpaired) electrons. The topological polar surface area (TPSA) is 119 Å². The molecule has 10 heteroatoms. The number of methoxy groups -OCH3 is 1. The summed E-state index contributed by atoms with van der Waals surface area (Å²) in [6, 6.07) is 16.3. The normalized spacial score (nSPS) is 11.0. The van der Waals surface area contributed by atoms with Crippen LogP contribution >= 0.6 is 0 Å². The van der Waals surface area contributed by atoms with Crippen LogP contribution in [-0.4, -0.2) is 55.9 Å². The average Bonchev–Trinajstić information content (AvgIpc) is 3.48. The van der Waals surface area contributed by atoms with Crippen molar-refractivity contribution in [1.29, 1.82) is 0 Å². The van der Waals surface area contributed by atoms with Gasteiger partial charge in [0.1, 0.15) is 12.4 Å². The van der Waals surface area contributed by atoms with Gasteiger partial charge in [-0.05, 0) is 36.4 Å². The van der Waals surface area contributed by atoms with Gasteiger partial charge in [-0.15, -0.1) is 15.3 Å². The first-order valence-electron chi connectivity index (χ1n) is 9.92. The Morgan fingerprint density at radius 2 is 2.06 bits per heavy atom. The van der Waals surface area contributed by atoms with E-state index in [1.54, 1.807) is 48.3 Å². The van der Waals surface area contributed by atoms with Crippen molar-refractivity contribution in [3.63, 3.8) is 0 Å². The summed E-state index contributed by atoms with van der Waals surface area (Å²) >= 11 is 0. The maximum atomic E-state index is 12.4. The molecule has 0 bridgehead atoms. The molecule has 2 N–H and O–H groups in total. The molecule has 0 fully saturated rings. The molecule has 160 valence electrons. The standard InChI is InChI=1S/C22H19N7O3/c1-31-16-4-2-3-14(11-16)21-27-26-19-7-8-20(28-29(19)21)32-10-9-23-22(30)15-5-6-17-18(12-15)25-13-24-17/h2-8,11-13H,9-10H2,1H3,(H,23,30)(H,24,25). The number of rotatable bonds is 7. The van der Waals surface area contributed by atoms with Crippen LogP contribution in [0.2, 0.25) is 0 Å². The molecule has 0 atom stereocenters. The molecule has 32 heavy (non-hydrogen) atoms. The number of aromatic amines is 1. The number of carbonyl (C=O) groups excluding carboxylic acids is 1. The first-order valence-corrected chi connectivity index (χ1v) is 9.92. The van der Waals surface area contributed by atoms with E-state index < -0.39 is 0 Å². The van der Waals surface area contributed by atoms with Crippen LogP contribution in [0.5, 0.6) is 11.6 Å². The third kappa shape index (κ3) is 3.81. The summed E-state index contributed by atoms with van der Waals surface area (Å²) in [5, 5.41) is 15.7. The number of amides is 1. The molecule has 0 aliphatic carbocycles. The quantitative estimate of drug-likeness (QED) is 0.382. The van der Waals surface area contributed by atoms with Crippen LogP contribution in [0.1, 0.15) is 10.4 Å². The van der Waals surface area contributed by atoms with Gasteiger partial charge in [-0.2, -0.15) is 4.52 Å². The van der Waals surface area contributed by atoms with Gasteiger partial charge in [-0.1, -0.05) is 12.1 Å². The molecule has 5 rings (SSSR count). The van der Waals surface area contributed by atoms with Crippen molar-refractivity contribution in [2.24, 2.45) is 0 Å². The summed E-state index contributed by atoms with van der Waals surface area (Å²) in [5.74, 6) is 1.50. The molecule has 5 aromatic rings. The zero-order valence-electron chi connectivity index (χ0n) is 17.1. The highest BCUT2D eigenvalue weighted by atomic mass is 16.5. The molecule has 2 aromatic carbocycles. The predicted molar refractivity (Wildman–Crippen MR) is 117 cm³/mol. The van der Waals surface area contributed by atoms with Crippen molar-refractivity contribution in [2.75, 3.05) is 20.3 Å². The number of hydrogen-bond acceptors (Lipinski definition) is 7. The zero-order chi connectivity index (χ0) is 21.9. The fourth-order valence-electron chi connectivity index (χ4n) is 3.29. The van der Waals surface area contributed by atoms with Crippen molar-refractivity contribution in [3.05, 3.63) is 66.5 Å². The second kappa shape index (κ2) is 8.34. The van der Waals surface area contributed by atoms with Crippen LogP contribution in [0.3, 0.4) is 0 Å². The number of benzene rings is 2. The van der Waals surface area contributed by atoms with Crippen LogP contribution in [-0.2, 0) is 0 Å². The maximum absolute atomic E-state index is 12.4. The summed E-state index contributed by atoms with van der Waals surface area (Å²) in [4.78, 5) is 19.5. The maximum Gasteiger partial charge on any atom is 0.251 e. The van der Waals surface area contributed by atoms with Gasteiger partial charge in [0.2, 0.25) is 5.88 Å². The Bertz CT molecular complexity index is 1410. The second-order valence-electron chi connectivity index (χ2n) is 6.94. The van der Waals surface area contributed by atoms with Gasteiger partial charge in [0.05, 0.1) is 31.0 Å². The van der Waals surface area contributed by atoms with Gasteiger partial charge in [-0.3, -0.25) is 4.79 Å². The fourth-order valence-corrected chi connectivity index (χ4v) is 3.29. The first-order chi connectivity index (χ1) is 15.7. The molecule has 0 saturated carbocycles. The molecule has 1 amide bonds. The van der Waals surface area contributed by atoms with Crippen LogP contribution in [0.4, 0.5) is 0 Å². The number of aromatic nitrogens is 6. The van der Waals surface area contributed by atoms with E-state index in [9.17, 15) is 4.79 Å². The monoisotopic (exact) mass is 429 g/mol. The van der Waals surface area contributed by atoms with Gasteiger partial charge in [0.15, 0.2) is 11.5 Å². The summed E-state index contributed by atoms with van der Waals surface area (Å²) in [6.07, 6.45) is 1.60. The fraction of sp³-hybridized carbons (Fsp3) is 0.136. The van der Waals surface area contributed by atoms with Crippen molar-refractivity contribution < 1.29 is 14.3 Å². The smallest absolute Gasteiger partial charge is 0.251 e. The summed E-state index contributed by atoms with van der Waals surface area (Å²) in [7, 11) is 1.61. The lowest BCUT2D eigenvalue weighted by Crippen LogP contribution is -2.28. The number of H-pyrrole nitrogens is 1. The zero-order valence-corrected chi connectivity index (χ0v) is 17.1. The van der Waals surface area contributed by atoms with Crippen LogP contribution < -0.4 is 14.8 Å². The van der Waals surface area contributed by atoms with Crippen LogP contribution in [0.25, 0.3) is 28.1 Å². The Kier molecular flexibility index (Phi) is 5.08. The highest BCUT2D eigenvalue weighted by molar-refractivity contribution is 5.97. The lowest BCUT2D eigenvalue weighted by atomic mass is 10.2. The Morgan fingerprint density at radius 1 is 1.12 bits per heavy atom. The number of nitrogens with one attached hydrogen (secondary N) is 2. The Hall–Kier alpha value is -4.47. The largest absolute Gasteiger partial charge is 0.497 e. The SMILES string of the molecule is COc1cccc(-c2nnc3ccc(OCCNC(=O)c4ccc5nc[nH]c5c4)nn23)c1. The number of ether oxygens (including phenoxy) is 2. The first kappa shape index (κ1) is 19.5. The molecule has 3 heterocycles. The Labute approximate surface area is 182 Å². The minimum Gasteiger partial charge on any atom is -0.497 e. The summed E-state index contributed by atoms with van der Waals surface area (Å²) in [6.45, 7) is 0.581. The van der Waals surface area contributed by atoms with E-state index in [0.717, 1.165) is 16.6 Å². The van der Waals surface area contributed by atoms with E-state index in [1.807, 2.05) is 24.3 Å². The second-order valence-corrected chi connectivity index (χ2v) is 6.94. The lowest BCUT2D eigenvalue weighted by molar-refractivity contribution is 0.0946. The van der Waals surface area contributed by atoms with Crippen molar-refractivity contribution in [3.8, 4) is 23.0 Å². The lowest BCUT2D eigenvalue weighted by Gasteiger charge is -2.08. The van der Waals surface area contributed by atoms with Gasteiger partial charge >= 0.3 is 0 Å². The molecule has 0 spiro atoms. The van der Waals surface area contributed by atoms with Gasteiger partial charge in [-0.25, -0.2) is 4.98 Å². The number of nitrogens with zero attached hydrogens (tertiary/aromatic N) is 5. The van der Waals surface area contributed by atoms with E-state index in [4.69, 9.17) is 9.47 Å². The Balaban J connectivity index is 1.24. The number of fused-ring (bicyclic) bond motifs is 2. The third-order valence-electron chi connectivity index (χ3n) is 4.89. The van der Waals surface area contributed by atoms with E-state index >= 15 is 0 Å². The molecule has 0 unspecified atom stereocenters. The summed E-state index contributed by atoms with van der Waals surface area (Å²) < 4.78 is 12.6. The highest BCUT2D eigenvalue weighted by Gasteiger charge is 2.12. The number of hydrogen-bond donors (Lipinski definition) is 2. The van der Waals surface area contributed by atoms with E-state index in [-0.39, 0.29) is 12.5 Å². The van der Waals surface area contributed by atoms with E-state index in [0.29, 0.717) is 35.2 Å². The number of imidazole rings is 1. The molecule has 3 aromatic heterocycles. The van der Waals surface area contributed by atoms with Crippen molar-refractivity contribution >= 4 is 22.6 Å². The minimum atomic E-state index is -0.187. The molecule has 0 saturated heterocycles. The van der Waals surface area contributed by atoms with Gasteiger partial charge in [0.25, 0.3) is 5.91 Å². The van der Waals surface area contributed by atoms with E-state index in [2.05, 4.69) is 30.6 Å². The van der Waals surface area contributed by atoms with Crippen LogP contribution in [0, 0.1) is 0 Å². The summed E-state index contributed by atoms with van der Waals surface area (Å²) in [5.41, 5.74) is 3.59. The van der Waals surface area contributed by atoms with Crippen molar-refractivity contribution in [1.82, 2.24) is 35.1 Å². The Morgan fingerprint density at radius 3 is 2.97 bits per heavy atom. The predicted octanol–water partition coefficient (Wildman–Crippen LogP) is 2.48. The number of carbonyl (C=O) groups is 1. The molecular weight excluding hydrogens is 410 g/mol. The third-order valence-corrected chi connectivity index (χ3v) is 4.89. The average molecular weight is 429 g/mol.